The molecule has 0 radical (unpaired) electrons. The van der Waals surface area contributed by atoms with E-state index < -0.39 is 29.9 Å². The van der Waals surface area contributed by atoms with Gasteiger partial charge in [0.2, 0.25) is 12.7 Å². The molecule has 0 saturated heterocycles. The van der Waals surface area contributed by atoms with Crippen molar-refractivity contribution in [1.82, 2.24) is 10.3 Å². The van der Waals surface area contributed by atoms with E-state index in [1.165, 1.54) is 13.5 Å². The second-order valence-electron chi connectivity index (χ2n) is 10.0. The summed E-state index contributed by atoms with van der Waals surface area (Å²) in [6, 6.07) is 12.2. The third-order valence-corrected chi connectivity index (χ3v) is 7.62. The SMILES string of the molecule is COC(=O)[C@H](Cc1c[nH]c2ccccc12)NC(=O)C(c1ccc2c(c1)OCO2)C(O)CC1CCCCC1. The van der Waals surface area contributed by atoms with Gasteiger partial charge in [-0.2, -0.15) is 0 Å². The van der Waals surface area contributed by atoms with E-state index in [4.69, 9.17) is 14.2 Å². The lowest BCUT2D eigenvalue weighted by atomic mass is 9.80. The average molecular weight is 507 g/mol. The molecule has 1 fully saturated rings. The number of H-pyrrole nitrogens is 1. The second-order valence-corrected chi connectivity index (χ2v) is 10.0. The van der Waals surface area contributed by atoms with Crippen molar-refractivity contribution in [3.8, 4) is 11.5 Å². The van der Waals surface area contributed by atoms with E-state index in [2.05, 4.69) is 10.3 Å². The Bertz CT molecular complexity index is 1250. The summed E-state index contributed by atoms with van der Waals surface area (Å²) in [6.07, 6.45) is 7.34. The summed E-state index contributed by atoms with van der Waals surface area (Å²) in [5.74, 6) is -0.301. The number of ether oxygens (including phenoxy) is 3. The number of fused-ring (bicyclic) bond motifs is 2. The van der Waals surface area contributed by atoms with Gasteiger partial charge >= 0.3 is 5.97 Å². The van der Waals surface area contributed by atoms with Crippen LogP contribution in [0.5, 0.6) is 11.5 Å². The van der Waals surface area contributed by atoms with E-state index in [1.807, 2.05) is 30.5 Å². The number of hydrogen-bond acceptors (Lipinski definition) is 6. The minimum absolute atomic E-state index is 0.120. The Morgan fingerprint density at radius 2 is 1.89 bits per heavy atom. The number of carbonyl (C=O) groups excluding carboxylic acids is 2. The van der Waals surface area contributed by atoms with Gasteiger partial charge < -0.3 is 29.6 Å². The number of methoxy groups -OCH3 is 1. The minimum Gasteiger partial charge on any atom is -0.467 e. The molecule has 1 amide bonds. The topological polar surface area (TPSA) is 110 Å². The quantitative estimate of drug-likeness (QED) is 0.375. The van der Waals surface area contributed by atoms with Gasteiger partial charge in [-0.1, -0.05) is 56.4 Å². The number of aromatic nitrogens is 1. The summed E-state index contributed by atoms with van der Waals surface area (Å²) in [5.41, 5.74) is 2.48. The Labute approximate surface area is 216 Å². The van der Waals surface area contributed by atoms with Crippen LogP contribution >= 0.6 is 0 Å². The van der Waals surface area contributed by atoms with Crippen molar-refractivity contribution in [3.05, 3.63) is 59.8 Å². The van der Waals surface area contributed by atoms with Crippen molar-refractivity contribution in [2.45, 2.75) is 63.0 Å². The summed E-state index contributed by atoms with van der Waals surface area (Å²) in [5, 5.41) is 15.3. The number of aliphatic hydroxyl groups is 1. The maximum Gasteiger partial charge on any atom is 0.328 e. The van der Waals surface area contributed by atoms with Gasteiger partial charge in [-0.25, -0.2) is 4.79 Å². The van der Waals surface area contributed by atoms with E-state index >= 15 is 0 Å². The number of carbonyl (C=O) groups is 2. The van der Waals surface area contributed by atoms with E-state index in [0.717, 1.165) is 42.1 Å². The van der Waals surface area contributed by atoms with E-state index in [-0.39, 0.29) is 13.2 Å². The van der Waals surface area contributed by atoms with Gasteiger partial charge in [0, 0.05) is 23.5 Å². The first-order chi connectivity index (χ1) is 18.0. The van der Waals surface area contributed by atoms with Crippen LogP contribution in [0.15, 0.2) is 48.7 Å². The number of amides is 1. The molecule has 5 rings (SSSR count). The molecular formula is C29H34N2O6. The van der Waals surface area contributed by atoms with Crippen molar-refractivity contribution in [2.75, 3.05) is 13.9 Å². The second kappa shape index (κ2) is 11.3. The lowest BCUT2D eigenvalue weighted by molar-refractivity contribution is -0.145. The van der Waals surface area contributed by atoms with Gasteiger partial charge in [0.05, 0.1) is 19.1 Å². The molecule has 8 nitrogen and oxygen atoms in total. The van der Waals surface area contributed by atoms with Crippen LogP contribution in [-0.2, 0) is 20.7 Å². The zero-order valence-electron chi connectivity index (χ0n) is 21.1. The number of rotatable bonds is 9. The molecule has 1 saturated carbocycles. The molecule has 1 aromatic heterocycles. The van der Waals surface area contributed by atoms with Crippen molar-refractivity contribution in [3.63, 3.8) is 0 Å². The van der Waals surface area contributed by atoms with Crippen LogP contribution in [0.4, 0.5) is 0 Å². The molecular weight excluding hydrogens is 472 g/mol. The lowest BCUT2D eigenvalue weighted by Gasteiger charge is -2.29. The maximum atomic E-state index is 13.8. The van der Waals surface area contributed by atoms with Crippen LogP contribution in [0.25, 0.3) is 10.9 Å². The fourth-order valence-corrected chi connectivity index (χ4v) is 5.67. The Morgan fingerprint density at radius 3 is 2.70 bits per heavy atom. The molecule has 3 atom stereocenters. The average Bonchev–Trinajstić information content (AvgIpc) is 3.55. The number of esters is 1. The molecule has 8 heteroatoms. The van der Waals surface area contributed by atoms with Crippen LogP contribution in [0.2, 0.25) is 0 Å². The number of hydrogen-bond donors (Lipinski definition) is 3. The van der Waals surface area contributed by atoms with Gasteiger partial charge in [0.1, 0.15) is 6.04 Å². The molecule has 1 aliphatic heterocycles. The van der Waals surface area contributed by atoms with Crippen LogP contribution in [0.1, 0.15) is 55.6 Å². The summed E-state index contributed by atoms with van der Waals surface area (Å²) in [4.78, 5) is 29.8. The highest BCUT2D eigenvalue weighted by Crippen LogP contribution is 2.37. The van der Waals surface area contributed by atoms with Gasteiger partial charge in [-0.05, 0) is 41.7 Å². The number of nitrogens with one attached hydrogen (secondary N) is 2. The Hall–Kier alpha value is -3.52. The van der Waals surface area contributed by atoms with Gasteiger partial charge in [0.15, 0.2) is 11.5 Å². The van der Waals surface area contributed by atoms with Gasteiger partial charge in [0.25, 0.3) is 0 Å². The highest BCUT2D eigenvalue weighted by molar-refractivity contribution is 5.90. The number of aromatic amines is 1. The third kappa shape index (κ3) is 5.59. The molecule has 2 unspecified atom stereocenters. The Kier molecular flexibility index (Phi) is 7.65. The smallest absolute Gasteiger partial charge is 0.328 e. The van der Waals surface area contributed by atoms with Crippen molar-refractivity contribution >= 4 is 22.8 Å². The van der Waals surface area contributed by atoms with Gasteiger partial charge in [-0.15, -0.1) is 0 Å². The lowest BCUT2D eigenvalue weighted by Crippen LogP contribution is -2.47. The maximum absolute atomic E-state index is 13.8. The summed E-state index contributed by atoms with van der Waals surface area (Å²) in [6.45, 7) is 0.120. The van der Waals surface area contributed by atoms with Crippen molar-refractivity contribution in [2.24, 2.45) is 5.92 Å². The third-order valence-electron chi connectivity index (χ3n) is 7.62. The molecule has 1 aliphatic carbocycles. The molecule has 3 aromatic rings. The number of benzene rings is 2. The van der Waals surface area contributed by atoms with Crippen LogP contribution in [0, 0.1) is 5.92 Å². The predicted octanol–water partition coefficient (Wildman–Crippen LogP) is 4.21. The molecule has 196 valence electrons. The Morgan fingerprint density at radius 1 is 1.11 bits per heavy atom. The fourth-order valence-electron chi connectivity index (χ4n) is 5.67. The minimum atomic E-state index is -0.908. The summed E-state index contributed by atoms with van der Waals surface area (Å²) in [7, 11) is 1.31. The summed E-state index contributed by atoms with van der Waals surface area (Å²) < 4.78 is 16.0. The van der Waals surface area contributed by atoms with Gasteiger partial charge in [-0.3, -0.25) is 4.79 Å². The summed E-state index contributed by atoms with van der Waals surface area (Å²) >= 11 is 0. The van der Waals surface area contributed by atoms with Crippen LogP contribution < -0.4 is 14.8 Å². The number of para-hydroxylation sites is 1. The van der Waals surface area contributed by atoms with Crippen molar-refractivity contribution in [1.29, 1.82) is 0 Å². The van der Waals surface area contributed by atoms with E-state index in [9.17, 15) is 14.7 Å². The molecule has 3 N–H and O–H groups in total. The molecule has 2 aliphatic rings. The van der Waals surface area contributed by atoms with Crippen molar-refractivity contribution < 1.29 is 28.9 Å². The predicted molar refractivity (Wildman–Crippen MR) is 138 cm³/mol. The first-order valence-electron chi connectivity index (χ1n) is 13.0. The normalized spacial score (nSPS) is 17.8. The monoisotopic (exact) mass is 506 g/mol. The highest BCUT2D eigenvalue weighted by Gasteiger charge is 2.35. The fraction of sp³-hybridized carbons (Fsp3) is 0.448. The molecule has 2 heterocycles. The highest BCUT2D eigenvalue weighted by atomic mass is 16.7. The Balaban J connectivity index is 1.40. The largest absolute Gasteiger partial charge is 0.467 e. The van der Waals surface area contributed by atoms with E-state index in [0.29, 0.717) is 29.4 Å². The zero-order chi connectivity index (χ0) is 25.8. The first kappa shape index (κ1) is 25.1. The molecule has 37 heavy (non-hydrogen) atoms. The van der Waals surface area contributed by atoms with Crippen LogP contribution in [0.3, 0.4) is 0 Å². The molecule has 0 bridgehead atoms. The first-order valence-corrected chi connectivity index (χ1v) is 13.0. The number of aliphatic hydroxyl groups excluding tert-OH is 1. The standard InChI is InChI=1S/C29H34N2O6/c1-35-29(34)23(14-20-16-30-22-10-6-5-9-21(20)22)31-28(33)27(24(32)13-18-7-3-2-4-8-18)19-11-12-25-26(15-19)37-17-36-25/h5-6,9-12,15-16,18,23-24,27,30,32H,2-4,7-8,13-14,17H2,1H3,(H,31,33)/t23-,24?,27?/m0/s1. The molecule has 0 spiro atoms. The van der Waals surface area contributed by atoms with E-state index in [1.54, 1.807) is 18.2 Å². The molecule has 2 aromatic carbocycles. The zero-order valence-corrected chi connectivity index (χ0v) is 21.1. The van der Waals surface area contributed by atoms with Crippen LogP contribution in [-0.4, -0.2) is 48.0 Å².